The van der Waals surface area contributed by atoms with Crippen LogP contribution in [0.1, 0.15) is 34.6 Å². The maximum Gasteiger partial charge on any atom is 0.309 e. The van der Waals surface area contributed by atoms with E-state index >= 15 is 0 Å². The molecule has 1 amide bonds. The monoisotopic (exact) mass is 256 g/mol. The molecule has 1 atom stereocenters. The number of hydrogen-bond donors (Lipinski definition) is 1. The molecule has 1 fully saturated rings. The normalized spacial score (nSPS) is 26.0. The molecule has 0 spiro atoms. The smallest absolute Gasteiger partial charge is 0.309 e. The fourth-order valence-electron chi connectivity index (χ4n) is 2.77. The standard InChI is InChI=1S/C13H24N2O3/c1-12(2,3)15-8-9(10(16)17)7-14(6)11(18)13(15,4)5/h9H,7-8H2,1-6H3,(H,16,17). The van der Waals surface area contributed by atoms with Crippen LogP contribution in [0, 0.1) is 5.92 Å². The fraction of sp³-hybridized carbons (Fsp3) is 0.846. The highest BCUT2D eigenvalue weighted by molar-refractivity contribution is 5.86. The lowest BCUT2D eigenvalue weighted by Gasteiger charge is -2.45. The van der Waals surface area contributed by atoms with Crippen molar-refractivity contribution in [1.29, 1.82) is 0 Å². The maximum atomic E-state index is 12.4. The van der Waals surface area contributed by atoms with E-state index in [1.54, 1.807) is 7.05 Å². The van der Waals surface area contributed by atoms with Crippen LogP contribution in [0.15, 0.2) is 0 Å². The zero-order valence-corrected chi connectivity index (χ0v) is 12.1. The molecular weight excluding hydrogens is 232 g/mol. The molecule has 1 aliphatic heterocycles. The summed E-state index contributed by atoms with van der Waals surface area (Å²) in [6.45, 7) is 10.4. The van der Waals surface area contributed by atoms with Crippen molar-refractivity contribution in [2.24, 2.45) is 5.92 Å². The zero-order valence-electron chi connectivity index (χ0n) is 12.1. The molecule has 0 aliphatic carbocycles. The van der Waals surface area contributed by atoms with Gasteiger partial charge < -0.3 is 10.0 Å². The third-order valence-corrected chi connectivity index (χ3v) is 3.60. The second kappa shape index (κ2) is 4.53. The van der Waals surface area contributed by atoms with Crippen LogP contribution >= 0.6 is 0 Å². The number of aliphatic carboxylic acids is 1. The number of likely N-dealkylation sites (N-methyl/N-ethyl adjacent to an activating group) is 1. The summed E-state index contributed by atoms with van der Waals surface area (Å²) in [6, 6.07) is 0. The Balaban J connectivity index is 3.20. The molecule has 0 saturated carbocycles. The van der Waals surface area contributed by atoms with Crippen molar-refractivity contribution in [2.45, 2.75) is 45.7 Å². The molecule has 0 aromatic rings. The number of carboxylic acid groups (broad SMARTS) is 1. The van der Waals surface area contributed by atoms with Gasteiger partial charge in [-0.05, 0) is 34.6 Å². The Morgan fingerprint density at radius 1 is 1.33 bits per heavy atom. The van der Waals surface area contributed by atoms with Gasteiger partial charge in [0.15, 0.2) is 0 Å². The molecule has 0 bridgehead atoms. The fourth-order valence-corrected chi connectivity index (χ4v) is 2.77. The number of carbonyl (C=O) groups excluding carboxylic acids is 1. The Hall–Kier alpha value is -1.10. The van der Waals surface area contributed by atoms with E-state index in [4.69, 9.17) is 0 Å². The summed E-state index contributed by atoms with van der Waals surface area (Å²) in [5.74, 6) is -1.41. The lowest BCUT2D eigenvalue weighted by atomic mass is 9.93. The van der Waals surface area contributed by atoms with Gasteiger partial charge in [0.05, 0.1) is 11.5 Å². The molecule has 1 aliphatic rings. The summed E-state index contributed by atoms with van der Waals surface area (Å²) in [4.78, 5) is 27.2. The topological polar surface area (TPSA) is 60.9 Å². The van der Waals surface area contributed by atoms with Crippen molar-refractivity contribution >= 4 is 11.9 Å². The van der Waals surface area contributed by atoms with Crippen LogP contribution in [0.25, 0.3) is 0 Å². The predicted octanol–water partition coefficient (Wildman–Crippen LogP) is 1.04. The lowest BCUT2D eigenvalue weighted by Crippen LogP contribution is -2.59. The van der Waals surface area contributed by atoms with Crippen LogP contribution in [-0.2, 0) is 9.59 Å². The summed E-state index contributed by atoms with van der Waals surface area (Å²) >= 11 is 0. The van der Waals surface area contributed by atoms with Crippen molar-refractivity contribution in [2.75, 3.05) is 20.1 Å². The molecule has 0 radical (unpaired) electrons. The number of carbonyl (C=O) groups is 2. The van der Waals surface area contributed by atoms with Gasteiger partial charge in [-0.15, -0.1) is 0 Å². The number of amides is 1. The van der Waals surface area contributed by atoms with E-state index in [0.29, 0.717) is 6.54 Å². The number of hydrogen-bond acceptors (Lipinski definition) is 3. The van der Waals surface area contributed by atoms with Gasteiger partial charge >= 0.3 is 5.97 Å². The molecular formula is C13H24N2O3. The molecule has 18 heavy (non-hydrogen) atoms. The van der Waals surface area contributed by atoms with Gasteiger partial charge in [0.1, 0.15) is 0 Å². The van der Waals surface area contributed by atoms with E-state index in [1.165, 1.54) is 4.90 Å². The van der Waals surface area contributed by atoms with Crippen LogP contribution in [0.4, 0.5) is 0 Å². The highest BCUT2D eigenvalue weighted by Crippen LogP contribution is 2.30. The van der Waals surface area contributed by atoms with E-state index in [-0.39, 0.29) is 18.0 Å². The third-order valence-electron chi connectivity index (χ3n) is 3.60. The van der Waals surface area contributed by atoms with Crippen LogP contribution in [0.5, 0.6) is 0 Å². The number of nitrogens with zero attached hydrogens (tertiary/aromatic N) is 2. The lowest BCUT2D eigenvalue weighted by molar-refractivity contribution is -0.143. The third kappa shape index (κ3) is 2.66. The van der Waals surface area contributed by atoms with E-state index in [1.807, 2.05) is 39.5 Å². The number of rotatable bonds is 1. The molecule has 104 valence electrons. The highest BCUT2D eigenvalue weighted by atomic mass is 16.4. The van der Waals surface area contributed by atoms with E-state index in [9.17, 15) is 14.7 Å². The average molecular weight is 256 g/mol. The van der Waals surface area contributed by atoms with E-state index < -0.39 is 17.4 Å². The van der Waals surface area contributed by atoms with Crippen molar-refractivity contribution in [1.82, 2.24) is 9.80 Å². The minimum atomic E-state index is -0.846. The van der Waals surface area contributed by atoms with Crippen molar-refractivity contribution in [3.8, 4) is 0 Å². The summed E-state index contributed by atoms with van der Waals surface area (Å²) in [5.41, 5.74) is -0.935. The minimum absolute atomic E-state index is 0.0267. The van der Waals surface area contributed by atoms with Crippen molar-refractivity contribution < 1.29 is 14.7 Å². The summed E-state index contributed by atoms with van der Waals surface area (Å²) < 4.78 is 0. The second-order valence-electron chi connectivity index (χ2n) is 6.56. The Morgan fingerprint density at radius 2 is 1.83 bits per heavy atom. The van der Waals surface area contributed by atoms with Gasteiger partial charge in [-0.1, -0.05) is 0 Å². The molecule has 0 aromatic carbocycles. The van der Waals surface area contributed by atoms with Crippen LogP contribution in [-0.4, -0.2) is 58.0 Å². The molecule has 1 unspecified atom stereocenters. The quantitative estimate of drug-likeness (QED) is 0.761. The maximum absolute atomic E-state index is 12.4. The first-order valence-electron chi connectivity index (χ1n) is 6.24. The minimum Gasteiger partial charge on any atom is -0.481 e. The van der Waals surface area contributed by atoms with Gasteiger partial charge in [0.25, 0.3) is 0 Å². The van der Waals surface area contributed by atoms with Gasteiger partial charge in [0, 0.05) is 25.7 Å². The first-order valence-corrected chi connectivity index (χ1v) is 6.24. The summed E-state index contributed by atoms with van der Waals surface area (Å²) in [5, 5.41) is 9.26. The van der Waals surface area contributed by atoms with Crippen LogP contribution in [0.2, 0.25) is 0 Å². The molecule has 1 N–H and O–H groups in total. The molecule has 1 rings (SSSR count). The van der Waals surface area contributed by atoms with Gasteiger partial charge in [-0.2, -0.15) is 0 Å². The van der Waals surface area contributed by atoms with Gasteiger partial charge in [-0.3, -0.25) is 14.5 Å². The Bertz CT molecular complexity index is 358. The summed E-state index contributed by atoms with van der Waals surface area (Å²) in [7, 11) is 1.67. The highest BCUT2D eigenvalue weighted by Gasteiger charge is 2.46. The first-order chi connectivity index (χ1) is 7.98. The predicted molar refractivity (Wildman–Crippen MR) is 69.3 cm³/mol. The Kier molecular flexibility index (Phi) is 3.77. The molecule has 1 heterocycles. The van der Waals surface area contributed by atoms with Gasteiger partial charge in [0.2, 0.25) is 5.91 Å². The van der Waals surface area contributed by atoms with E-state index in [2.05, 4.69) is 0 Å². The van der Waals surface area contributed by atoms with Crippen LogP contribution in [0.3, 0.4) is 0 Å². The van der Waals surface area contributed by atoms with Crippen LogP contribution < -0.4 is 0 Å². The van der Waals surface area contributed by atoms with E-state index in [0.717, 1.165) is 0 Å². The molecule has 5 heteroatoms. The Labute approximate surface area is 109 Å². The average Bonchev–Trinajstić information content (AvgIpc) is 2.27. The van der Waals surface area contributed by atoms with Crippen molar-refractivity contribution in [3.63, 3.8) is 0 Å². The number of carboxylic acids is 1. The molecule has 1 saturated heterocycles. The molecule has 5 nitrogen and oxygen atoms in total. The largest absolute Gasteiger partial charge is 0.481 e. The zero-order chi connectivity index (χ0) is 14.3. The van der Waals surface area contributed by atoms with Gasteiger partial charge in [-0.25, -0.2) is 0 Å². The molecule has 0 aromatic heterocycles. The van der Waals surface area contributed by atoms with Crippen molar-refractivity contribution in [3.05, 3.63) is 0 Å². The SMILES string of the molecule is CN1CC(C(=O)O)CN(C(C)(C)C)C(C)(C)C1=O. The first kappa shape index (κ1) is 15.0. The Morgan fingerprint density at radius 3 is 2.22 bits per heavy atom. The summed E-state index contributed by atoms with van der Waals surface area (Å²) in [6.07, 6.45) is 0. The second-order valence-corrected chi connectivity index (χ2v) is 6.56.